The van der Waals surface area contributed by atoms with Crippen molar-refractivity contribution in [2.75, 3.05) is 13.1 Å². The van der Waals surface area contributed by atoms with Gasteiger partial charge in [-0.1, -0.05) is 6.07 Å². The van der Waals surface area contributed by atoms with Crippen molar-refractivity contribution in [1.82, 2.24) is 15.2 Å². The maximum Gasteiger partial charge on any atom is 0.411 e. The molecule has 0 aromatic carbocycles. The highest BCUT2D eigenvalue weighted by atomic mass is 19.1. The number of amides is 1. The number of nitrogens with zero attached hydrogens (tertiary/aromatic N) is 2. The van der Waals surface area contributed by atoms with E-state index in [0.29, 0.717) is 0 Å². The Morgan fingerprint density at radius 1 is 1.50 bits per heavy atom. The van der Waals surface area contributed by atoms with Crippen LogP contribution in [0.2, 0.25) is 0 Å². The van der Waals surface area contributed by atoms with Gasteiger partial charge >= 0.3 is 6.09 Å². The minimum atomic E-state index is -0.553. The van der Waals surface area contributed by atoms with Gasteiger partial charge in [0.05, 0.1) is 6.04 Å². The van der Waals surface area contributed by atoms with Gasteiger partial charge in [-0.05, 0) is 52.3 Å². The molecule has 6 heteroatoms. The van der Waals surface area contributed by atoms with E-state index in [1.54, 1.807) is 11.0 Å². The number of rotatable bonds is 3. The molecule has 1 fully saturated rings. The van der Waals surface area contributed by atoms with Gasteiger partial charge in [-0.3, -0.25) is 4.90 Å². The third-order valence-corrected chi connectivity index (χ3v) is 3.68. The molecule has 22 heavy (non-hydrogen) atoms. The third kappa shape index (κ3) is 4.16. The quantitative estimate of drug-likeness (QED) is 0.872. The average Bonchev–Trinajstić information content (AvgIpc) is 2.91. The number of halogens is 1. The first-order valence-corrected chi connectivity index (χ1v) is 7.61. The Balaban J connectivity index is 2.23. The first kappa shape index (κ1) is 16.7. The molecule has 1 N–H and O–H groups in total. The van der Waals surface area contributed by atoms with Crippen molar-refractivity contribution in [3.63, 3.8) is 0 Å². The predicted octanol–water partition coefficient (Wildman–Crippen LogP) is 2.88. The van der Waals surface area contributed by atoms with Gasteiger partial charge in [-0.2, -0.15) is 4.39 Å². The zero-order valence-corrected chi connectivity index (χ0v) is 13.6. The van der Waals surface area contributed by atoms with Crippen LogP contribution in [0.25, 0.3) is 0 Å². The van der Waals surface area contributed by atoms with E-state index in [0.717, 1.165) is 25.1 Å². The smallest absolute Gasteiger partial charge is 0.411 e. The number of ether oxygens (including phenoxy) is 1. The molecular formula is C16H24FN3O2. The zero-order chi connectivity index (χ0) is 16.3. The second kappa shape index (κ2) is 6.60. The first-order chi connectivity index (χ1) is 10.3. The third-order valence-electron chi connectivity index (χ3n) is 3.68. The highest BCUT2D eigenvalue weighted by Gasteiger charge is 2.34. The van der Waals surface area contributed by atoms with Crippen LogP contribution in [0, 0.1) is 5.95 Å². The van der Waals surface area contributed by atoms with Gasteiger partial charge in [0, 0.05) is 18.8 Å². The average molecular weight is 309 g/mol. The van der Waals surface area contributed by atoms with Crippen molar-refractivity contribution in [2.24, 2.45) is 0 Å². The summed E-state index contributed by atoms with van der Waals surface area (Å²) < 4.78 is 18.6. The molecule has 0 spiro atoms. The highest BCUT2D eigenvalue weighted by molar-refractivity contribution is 5.69. The van der Waals surface area contributed by atoms with Gasteiger partial charge < -0.3 is 10.1 Å². The van der Waals surface area contributed by atoms with Crippen LogP contribution in [0.5, 0.6) is 0 Å². The van der Waals surface area contributed by atoms with E-state index in [2.05, 4.69) is 10.3 Å². The minimum absolute atomic E-state index is 0.0647. The van der Waals surface area contributed by atoms with Crippen molar-refractivity contribution in [2.45, 2.75) is 51.8 Å². The topological polar surface area (TPSA) is 54.5 Å². The van der Waals surface area contributed by atoms with Crippen molar-refractivity contribution >= 4 is 6.09 Å². The number of hydrogen-bond acceptors (Lipinski definition) is 4. The highest BCUT2D eigenvalue weighted by Crippen LogP contribution is 2.27. The molecule has 1 aliphatic rings. The molecule has 5 nitrogen and oxygen atoms in total. The fourth-order valence-corrected chi connectivity index (χ4v) is 2.61. The SMILES string of the molecule is CC(c1ccc(F)nc1)N(C(=O)OC(C)(C)C)[C@H]1CCNC1. The second-order valence-electron chi connectivity index (χ2n) is 6.62. The Bertz CT molecular complexity index is 507. The summed E-state index contributed by atoms with van der Waals surface area (Å²) in [6.45, 7) is 9.06. The monoisotopic (exact) mass is 309 g/mol. The van der Waals surface area contributed by atoms with Gasteiger partial charge in [0.2, 0.25) is 5.95 Å². The van der Waals surface area contributed by atoms with Crippen molar-refractivity contribution in [1.29, 1.82) is 0 Å². The van der Waals surface area contributed by atoms with E-state index in [-0.39, 0.29) is 18.2 Å². The van der Waals surface area contributed by atoms with Gasteiger partial charge in [0.15, 0.2) is 0 Å². The minimum Gasteiger partial charge on any atom is -0.444 e. The van der Waals surface area contributed by atoms with Gasteiger partial charge in [0.1, 0.15) is 5.60 Å². The maximum atomic E-state index is 13.0. The predicted molar refractivity (Wildman–Crippen MR) is 82.0 cm³/mol. The molecule has 1 aromatic heterocycles. The van der Waals surface area contributed by atoms with E-state index in [1.165, 1.54) is 12.3 Å². The summed E-state index contributed by atoms with van der Waals surface area (Å²) in [5.74, 6) is -0.526. The van der Waals surface area contributed by atoms with E-state index in [9.17, 15) is 9.18 Å². The lowest BCUT2D eigenvalue weighted by Gasteiger charge is -2.35. The molecule has 1 unspecified atom stereocenters. The van der Waals surface area contributed by atoms with Crippen LogP contribution >= 0.6 is 0 Å². The van der Waals surface area contributed by atoms with Crippen LogP contribution in [0.15, 0.2) is 18.3 Å². The van der Waals surface area contributed by atoms with Gasteiger partial charge in [-0.15, -0.1) is 0 Å². The Morgan fingerprint density at radius 3 is 2.73 bits per heavy atom. The van der Waals surface area contributed by atoms with Crippen molar-refractivity contribution < 1.29 is 13.9 Å². The van der Waals surface area contributed by atoms with Crippen LogP contribution in [0.3, 0.4) is 0 Å². The summed E-state index contributed by atoms with van der Waals surface area (Å²) >= 11 is 0. The van der Waals surface area contributed by atoms with E-state index in [1.807, 2.05) is 27.7 Å². The van der Waals surface area contributed by atoms with Crippen LogP contribution in [-0.4, -0.2) is 40.7 Å². The molecule has 0 radical (unpaired) electrons. The van der Waals surface area contributed by atoms with Crippen LogP contribution in [0.1, 0.15) is 45.7 Å². The number of pyridine rings is 1. The lowest BCUT2D eigenvalue weighted by molar-refractivity contribution is 0.00828. The standard InChI is InChI=1S/C16H24FN3O2/c1-11(12-5-6-14(17)19-9-12)20(13-7-8-18-10-13)15(21)22-16(2,3)4/h5-6,9,11,13,18H,7-8,10H2,1-4H3/t11?,13-/m0/s1. The number of nitrogens with one attached hydrogen (secondary N) is 1. The molecular weight excluding hydrogens is 285 g/mol. The normalized spacial score (nSPS) is 19.8. The Hall–Kier alpha value is -1.69. The molecule has 0 saturated carbocycles. The van der Waals surface area contributed by atoms with Gasteiger partial charge in [-0.25, -0.2) is 9.78 Å². The lowest BCUT2D eigenvalue weighted by Crippen LogP contribution is -2.45. The Morgan fingerprint density at radius 2 is 2.23 bits per heavy atom. The lowest BCUT2D eigenvalue weighted by atomic mass is 10.1. The zero-order valence-electron chi connectivity index (χ0n) is 13.6. The largest absolute Gasteiger partial charge is 0.444 e. The molecule has 1 amide bonds. The molecule has 122 valence electrons. The van der Waals surface area contributed by atoms with Crippen LogP contribution < -0.4 is 5.32 Å². The molecule has 1 aromatic rings. The Kier molecular flexibility index (Phi) is 5.01. The summed E-state index contributed by atoms with van der Waals surface area (Å²) in [4.78, 5) is 18.0. The van der Waals surface area contributed by atoms with Gasteiger partial charge in [0.25, 0.3) is 0 Å². The summed E-state index contributed by atoms with van der Waals surface area (Å²) in [5, 5.41) is 3.26. The summed E-state index contributed by atoms with van der Waals surface area (Å²) in [7, 11) is 0. The fraction of sp³-hybridized carbons (Fsp3) is 0.625. The van der Waals surface area contributed by atoms with E-state index in [4.69, 9.17) is 4.74 Å². The summed E-state index contributed by atoms with van der Waals surface area (Å²) in [6, 6.07) is 2.81. The summed E-state index contributed by atoms with van der Waals surface area (Å²) in [6.07, 6.45) is 2.00. The summed E-state index contributed by atoms with van der Waals surface area (Å²) in [5.41, 5.74) is 0.237. The van der Waals surface area contributed by atoms with Crippen molar-refractivity contribution in [3.05, 3.63) is 29.8 Å². The molecule has 0 bridgehead atoms. The Labute approximate surface area is 130 Å². The second-order valence-corrected chi connectivity index (χ2v) is 6.62. The molecule has 2 heterocycles. The molecule has 1 saturated heterocycles. The van der Waals surface area contributed by atoms with Crippen molar-refractivity contribution in [3.8, 4) is 0 Å². The molecule has 2 rings (SSSR count). The number of carbonyl (C=O) groups excluding carboxylic acids is 1. The molecule has 2 atom stereocenters. The first-order valence-electron chi connectivity index (χ1n) is 7.61. The number of aromatic nitrogens is 1. The molecule has 1 aliphatic heterocycles. The maximum absolute atomic E-state index is 13.0. The molecule has 0 aliphatic carbocycles. The number of hydrogen-bond donors (Lipinski definition) is 1. The fourth-order valence-electron chi connectivity index (χ4n) is 2.61. The van der Waals surface area contributed by atoms with Crippen LogP contribution in [0.4, 0.5) is 9.18 Å². The van der Waals surface area contributed by atoms with E-state index >= 15 is 0 Å². The van der Waals surface area contributed by atoms with E-state index < -0.39 is 11.5 Å². The number of carbonyl (C=O) groups is 1. The van der Waals surface area contributed by atoms with Crippen LogP contribution in [-0.2, 0) is 4.74 Å².